The Morgan fingerprint density at radius 3 is 2.62 bits per heavy atom. The van der Waals surface area contributed by atoms with Crippen molar-refractivity contribution in [2.24, 2.45) is 0 Å². The van der Waals surface area contributed by atoms with Crippen molar-refractivity contribution in [3.8, 4) is 6.07 Å². The summed E-state index contributed by atoms with van der Waals surface area (Å²) >= 11 is 0. The van der Waals surface area contributed by atoms with Gasteiger partial charge in [-0.1, -0.05) is 12.1 Å². The average molecular weight is 215 g/mol. The Kier molecular flexibility index (Phi) is 2.88. The molecular formula is C12H13N3O. The number of nitrogens with one attached hydrogen (secondary N) is 2. The third kappa shape index (κ3) is 2.05. The van der Waals surface area contributed by atoms with Crippen molar-refractivity contribution in [3.63, 3.8) is 0 Å². The molecule has 1 aliphatic heterocycles. The highest BCUT2D eigenvalue weighted by atomic mass is 16.2. The van der Waals surface area contributed by atoms with Crippen LogP contribution in [0, 0.1) is 11.3 Å². The summed E-state index contributed by atoms with van der Waals surface area (Å²) in [6, 6.07) is 8.99. The van der Waals surface area contributed by atoms with Gasteiger partial charge in [-0.15, -0.1) is 0 Å². The van der Waals surface area contributed by atoms with Crippen LogP contribution in [0.4, 0.5) is 0 Å². The van der Waals surface area contributed by atoms with Crippen LogP contribution in [-0.4, -0.2) is 18.5 Å². The van der Waals surface area contributed by atoms with Crippen LogP contribution < -0.4 is 10.6 Å². The molecule has 2 rings (SSSR count). The average Bonchev–Trinajstić information content (AvgIpc) is 2.29. The van der Waals surface area contributed by atoms with Crippen LogP contribution in [0.3, 0.4) is 0 Å². The van der Waals surface area contributed by atoms with E-state index < -0.39 is 0 Å². The molecule has 0 aliphatic carbocycles. The number of hydrogen-bond donors (Lipinski definition) is 2. The molecule has 2 unspecified atom stereocenters. The molecule has 4 nitrogen and oxygen atoms in total. The molecule has 1 amide bonds. The Labute approximate surface area is 94.3 Å². The maximum absolute atomic E-state index is 11.7. The summed E-state index contributed by atoms with van der Waals surface area (Å²) in [6.45, 7) is 2.72. The van der Waals surface area contributed by atoms with Crippen LogP contribution in [0.5, 0.6) is 0 Å². The number of nitriles is 1. The lowest BCUT2D eigenvalue weighted by molar-refractivity contribution is -0.125. The number of amides is 1. The van der Waals surface area contributed by atoms with E-state index in [0.29, 0.717) is 5.56 Å². The molecule has 1 aliphatic rings. The Balaban J connectivity index is 2.18. The zero-order chi connectivity index (χ0) is 11.5. The second-order valence-electron chi connectivity index (χ2n) is 3.98. The summed E-state index contributed by atoms with van der Waals surface area (Å²) in [5.74, 6) is -0.0107. The lowest BCUT2D eigenvalue weighted by atomic mass is 10.0. The normalized spacial score (nSPS) is 24.6. The molecule has 2 N–H and O–H groups in total. The molecule has 0 saturated carbocycles. The monoisotopic (exact) mass is 215 g/mol. The summed E-state index contributed by atoms with van der Waals surface area (Å²) < 4.78 is 0. The first-order valence-electron chi connectivity index (χ1n) is 5.24. The topological polar surface area (TPSA) is 64.9 Å². The first-order valence-corrected chi connectivity index (χ1v) is 5.24. The van der Waals surface area contributed by atoms with Crippen LogP contribution >= 0.6 is 0 Å². The van der Waals surface area contributed by atoms with E-state index in [1.165, 1.54) is 0 Å². The van der Waals surface area contributed by atoms with Crippen LogP contribution in [-0.2, 0) is 4.79 Å². The molecule has 1 fully saturated rings. The Bertz CT molecular complexity index is 433. The second-order valence-corrected chi connectivity index (χ2v) is 3.98. The maximum Gasteiger partial charge on any atom is 0.241 e. The highest BCUT2D eigenvalue weighted by Crippen LogP contribution is 2.16. The smallest absolute Gasteiger partial charge is 0.241 e. The van der Waals surface area contributed by atoms with Crippen molar-refractivity contribution in [1.82, 2.24) is 10.6 Å². The predicted molar refractivity (Wildman–Crippen MR) is 59.5 cm³/mol. The standard InChI is InChI=1S/C12H13N3O/c1-8-7-14-11(12(16)15-8)10-4-2-9(6-13)3-5-10/h2-5,8,11,14H,7H2,1H3,(H,15,16). The van der Waals surface area contributed by atoms with E-state index in [2.05, 4.69) is 16.7 Å². The van der Waals surface area contributed by atoms with E-state index >= 15 is 0 Å². The predicted octanol–water partition coefficient (Wildman–Crippen LogP) is 0.707. The third-order valence-electron chi connectivity index (χ3n) is 2.65. The van der Waals surface area contributed by atoms with Gasteiger partial charge in [-0.3, -0.25) is 4.79 Å². The van der Waals surface area contributed by atoms with E-state index in [0.717, 1.165) is 12.1 Å². The quantitative estimate of drug-likeness (QED) is 0.725. The highest BCUT2D eigenvalue weighted by molar-refractivity contribution is 5.84. The molecule has 1 aromatic rings. The Morgan fingerprint density at radius 1 is 1.38 bits per heavy atom. The summed E-state index contributed by atoms with van der Waals surface area (Å²) in [5.41, 5.74) is 1.50. The van der Waals surface area contributed by atoms with Crippen LogP contribution in [0.1, 0.15) is 24.1 Å². The SMILES string of the molecule is CC1CNC(c2ccc(C#N)cc2)C(=O)N1. The molecular weight excluding hydrogens is 202 g/mol. The van der Waals surface area contributed by atoms with Crippen LogP contribution in [0.2, 0.25) is 0 Å². The van der Waals surface area contributed by atoms with Crippen molar-refractivity contribution in [2.45, 2.75) is 19.0 Å². The molecule has 0 bridgehead atoms. The lowest BCUT2D eigenvalue weighted by Crippen LogP contribution is -2.52. The van der Waals surface area contributed by atoms with Gasteiger partial charge in [0.25, 0.3) is 0 Å². The Hall–Kier alpha value is -1.86. The van der Waals surface area contributed by atoms with E-state index in [9.17, 15) is 4.79 Å². The van der Waals surface area contributed by atoms with Gasteiger partial charge in [-0.2, -0.15) is 5.26 Å². The highest BCUT2D eigenvalue weighted by Gasteiger charge is 2.26. The minimum absolute atomic E-state index is 0.0107. The minimum atomic E-state index is -0.302. The van der Waals surface area contributed by atoms with Gasteiger partial charge in [0, 0.05) is 12.6 Å². The lowest BCUT2D eigenvalue weighted by Gasteiger charge is -2.28. The van der Waals surface area contributed by atoms with E-state index in [1.54, 1.807) is 12.1 Å². The van der Waals surface area contributed by atoms with E-state index in [-0.39, 0.29) is 18.0 Å². The number of carbonyl (C=O) groups is 1. The number of nitrogens with zero attached hydrogens (tertiary/aromatic N) is 1. The van der Waals surface area contributed by atoms with Gasteiger partial charge in [0.05, 0.1) is 11.6 Å². The van der Waals surface area contributed by atoms with Crippen LogP contribution in [0.25, 0.3) is 0 Å². The molecule has 16 heavy (non-hydrogen) atoms. The summed E-state index contributed by atoms with van der Waals surface area (Å²) in [6.07, 6.45) is 0. The van der Waals surface area contributed by atoms with Crippen LogP contribution in [0.15, 0.2) is 24.3 Å². The first-order chi connectivity index (χ1) is 7.70. The number of piperazine rings is 1. The Morgan fingerprint density at radius 2 is 2.06 bits per heavy atom. The fourth-order valence-corrected chi connectivity index (χ4v) is 1.78. The fourth-order valence-electron chi connectivity index (χ4n) is 1.78. The van der Waals surface area contributed by atoms with Crippen molar-refractivity contribution in [3.05, 3.63) is 35.4 Å². The number of rotatable bonds is 1. The van der Waals surface area contributed by atoms with Gasteiger partial charge in [0.15, 0.2) is 0 Å². The maximum atomic E-state index is 11.7. The largest absolute Gasteiger partial charge is 0.351 e. The minimum Gasteiger partial charge on any atom is -0.351 e. The number of benzene rings is 1. The van der Waals surface area contributed by atoms with Gasteiger partial charge >= 0.3 is 0 Å². The van der Waals surface area contributed by atoms with Gasteiger partial charge in [0.2, 0.25) is 5.91 Å². The van der Waals surface area contributed by atoms with Gasteiger partial charge in [0.1, 0.15) is 6.04 Å². The molecule has 4 heteroatoms. The van der Waals surface area contributed by atoms with E-state index in [4.69, 9.17) is 5.26 Å². The van der Waals surface area contributed by atoms with Gasteiger partial charge < -0.3 is 10.6 Å². The number of hydrogen-bond acceptors (Lipinski definition) is 3. The molecule has 0 spiro atoms. The number of carbonyl (C=O) groups excluding carboxylic acids is 1. The van der Waals surface area contributed by atoms with Gasteiger partial charge in [-0.25, -0.2) is 0 Å². The molecule has 0 aromatic heterocycles. The van der Waals surface area contributed by atoms with E-state index in [1.807, 2.05) is 19.1 Å². The molecule has 1 aromatic carbocycles. The first kappa shape index (κ1) is 10.7. The van der Waals surface area contributed by atoms with Crippen molar-refractivity contribution in [2.75, 3.05) is 6.54 Å². The molecule has 0 radical (unpaired) electrons. The summed E-state index contributed by atoms with van der Waals surface area (Å²) in [7, 11) is 0. The molecule has 1 heterocycles. The van der Waals surface area contributed by atoms with Gasteiger partial charge in [-0.05, 0) is 24.6 Å². The zero-order valence-corrected chi connectivity index (χ0v) is 9.03. The summed E-state index contributed by atoms with van der Waals surface area (Å²) in [5, 5.41) is 14.7. The molecule has 1 saturated heterocycles. The van der Waals surface area contributed by atoms with Crippen molar-refractivity contribution in [1.29, 1.82) is 5.26 Å². The van der Waals surface area contributed by atoms with Crippen molar-refractivity contribution >= 4 is 5.91 Å². The second kappa shape index (κ2) is 4.33. The molecule has 2 atom stereocenters. The molecule has 82 valence electrons. The summed E-state index contributed by atoms with van der Waals surface area (Å²) in [4.78, 5) is 11.7. The zero-order valence-electron chi connectivity index (χ0n) is 9.03. The fraction of sp³-hybridized carbons (Fsp3) is 0.333. The third-order valence-corrected chi connectivity index (χ3v) is 2.65. The van der Waals surface area contributed by atoms with Crippen molar-refractivity contribution < 1.29 is 4.79 Å².